The zero-order valence-corrected chi connectivity index (χ0v) is 9.36. The van der Waals surface area contributed by atoms with Crippen LogP contribution in [0.2, 0.25) is 0 Å². The number of hydrogen-bond acceptors (Lipinski definition) is 3. The molecule has 0 aliphatic carbocycles. The molecule has 1 aromatic carbocycles. The van der Waals surface area contributed by atoms with Gasteiger partial charge < -0.3 is 4.74 Å². The monoisotopic (exact) mass is 258 g/mol. The Morgan fingerprint density at radius 3 is 2.33 bits per heavy atom. The minimum Gasteiger partial charge on any atom is -0.454 e. The Labute approximate surface area is 101 Å². The van der Waals surface area contributed by atoms with Crippen LogP contribution in [0.1, 0.15) is 5.56 Å². The molecule has 1 fully saturated rings. The Kier molecular flexibility index (Phi) is 2.98. The average molecular weight is 258 g/mol. The van der Waals surface area contributed by atoms with Crippen LogP contribution in [0.4, 0.5) is 18.9 Å². The molecule has 18 heavy (non-hydrogen) atoms. The van der Waals surface area contributed by atoms with Gasteiger partial charge in [-0.15, -0.1) is 0 Å². The summed E-state index contributed by atoms with van der Waals surface area (Å²) in [4.78, 5) is 16.3. The number of amidine groups is 1. The predicted molar refractivity (Wildman–Crippen MR) is 57.3 cm³/mol. The fourth-order valence-corrected chi connectivity index (χ4v) is 1.37. The van der Waals surface area contributed by atoms with Gasteiger partial charge in [-0.2, -0.15) is 18.2 Å². The van der Waals surface area contributed by atoms with E-state index >= 15 is 0 Å². The first kappa shape index (κ1) is 12.4. The van der Waals surface area contributed by atoms with Gasteiger partial charge in [0.1, 0.15) is 0 Å². The molecular weight excluding hydrogens is 249 g/mol. The summed E-state index contributed by atoms with van der Waals surface area (Å²) in [6, 6.07) is 4.37. The van der Waals surface area contributed by atoms with E-state index in [1.807, 2.05) is 0 Å². The fourth-order valence-electron chi connectivity index (χ4n) is 1.37. The van der Waals surface area contributed by atoms with E-state index in [0.29, 0.717) is 5.69 Å². The van der Waals surface area contributed by atoms with E-state index in [9.17, 15) is 18.0 Å². The van der Waals surface area contributed by atoms with Gasteiger partial charge in [-0.1, -0.05) is 0 Å². The quantitative estimate of drug-likeness (QED) is 0.774. The lowest BCUT2D eigenvalue weighted by molar-refractivity contribution is -0.137. The summed E-state index contributed by atoms with van der Waals surface area (Å²) in [7, 11) is 1.48. The molecule has 96 valence electrons. The maximum Gasteiger partial charge on any atom is 0.416 e. The van der Waals surface area contributed by atoms with Crippen molar-refractivity contribution >= 4 is 17.6 Å². The molecule has 0 N–H and O–H groups in total. The van der Waals surface area contributed by atoms with Crippen LogP contribution in [0, 0.1) is 0 Å². The number of aliphatic imine (C=N–C) groups is 1. The standard InChI is InChI=1S/C11H9F3N2O2/c1-16-9(17)6-18-10(16)15-8-4-2-7(3-5-8)11(12,13)14/h2-5H,6H2,1H3. The van der Waals surface area contributed by atoms with Crippen LogP contribution in [-0.2, 0) is 15.7 Å². The molecule has 1 aliphatic heterocycles. The Hall–Kier alpha value is -2.05. The normalized spacial score (nSPS) is 18.3. The first-order chi connectivity index (χ1) is 8.38. The number of carbonyl (C=O) groups excluding carboxylic acids is 1. The number of carbonyl (C=O) groups is 1. The van der Waals surface area contributed by atoms with Crippen LogP contribution in [0.5, 0.6) is 0 Å². The summed E-state index contributed by atoms with van der Waals surface area (Å²) in [5.41, 5.74) is -0.456. The van der Waals surface area contributed by atoms with Crippen molar-refractivity contribution in [1.29, 1.82) is 0 Å². The van der Waals surface area contributed by atoms with Gasteiger partial charge in [0, 0.05) is 7.05 Å². The number of likely N-dealkylation sites (N-methyl/N-ethyl adjacent to an activating group) is 1. The van der Waals surface area contributed by atoms with Crippen molar-refractivity contribution in [1.82, 2.24) is 4.90 Å². The maximum atomic E-state index is 12.3. The Bertz CT molecular complexity index is 494. The fraction of sp³-hybridized carbons (Fsp3) is 0.273. The van der Waals surface area contributed by atoms with Gasteiger partial charge in [-0.05, 0) is 24.3 Å². The SMILES string of the molecule is CN1C(=O)COC1=Nc1ccc(C(F)(F)F)cc1. The third-order valence-corrected chi connectivity index (χ3v) is 2.41. The lowest BCUT2D eigenvalue weighted by Crippen LogP contribution is -2.24. The Morgan fingerprint density at radius 2 is 1.89 bits per heavy atom. The van der Waals surface area contributed by atoms with Gasteiger partial charge in [-0.3, -0.25) is 9.69 Å². The van der Waals surface area contributed by atoms with Crippen molar-refractivity contribution in [2.24, 2.45) is 4.99 Å². The molecule has 0 radical (unpaired) electrons. The number of ether oxygens (including phenoxy) is 1. The maximum absolute atomic E-state index is 12.3. The van der Waals surface area contributed by atoms with Gasteiger partial charge in [-0.25, -0.2) is 0 Å². The summed E-state index contributed by atoms with van der Waals surface area (Å²) in [6.07, 6.45) is -4.37. The van der Waals surface area contributed by atoms with Crippen LogP contribution in [-0.4, -0.2) is 30.5 Å². The molecule has 2 rings (SSSR count). The second-order valence-electron chi connectivity index (χ2n) is 3.68. The molecule has 0 spiro atoms. The van der Waals surface area contributed by atoms with E-state index in [4.69, 9.17) is 4.74 Å². The number of amides is 1. The van der Waals surface area contributed by atoms with Gasteiger partial charge in [0.15, 0.2) is 6.61 Å². The second-order valence-corrected chi connectivity index (χ2v) is 3.68. The van der Waals surface area contributed by atoms with Crippen molar-refractivity contribution in [2.45, 2.75) is 6.18 Å². The smallest absolute Gasteiger partial charge is 0.416 e. The third kappa shape index (κ3) is 2.44. The average Bonchev–Trinajstić information content (AvgIpc) is 2.61. The third-order valence-electron chi connectivity index (χ3n) is 2.41. The molecule has 7 heteroatoms. The van der Waals surface area contributed by atoms with E-state index in [1.54, 1.807) is 0 Å². The molecule has 0 bridgehead atoms. The first-order valence-corrected chi connectivity index (χ1v) is 5.03. The number of halogens is 3. The molecule has 1 aliphatic rings. The van der Waals surface area contributed by atoms with Crippen molar-refractivity contribution in [3.63, 3.8) is 0 Å². The molecule has 0 unspecified atom stereocenters. The van der Waals surface area contributed by atoms with Crippen LogP contribution >= 0.6 is 0 Å². The molecule has 1 amide bonds. The zero-order valence-electron chi connectivity index (χ0n) is 9.36. The van der Waals surface area contributed by atoms with E-state index in [-0.39, 0.29) is 18.5 Å². The minimum absolute atomic E-state index is 0.0831. The highest BCUT2D eigenvalue weighted by Crippen LogP contribution is 2.30. The number of hydrogen-bond donors (Lipinski definition) is 0. The molecule has 4 nitrogen and oxygen atoms in total. The summed E-state index contributed by atoms with van der Waals surface area (Å²) in [5, 5.41) is 0. The van der Waals surface area contributed by atoms with Crippen molar-refractivity contribution in [2.75, 3.05) is 13.7 Å². The molecular formula is C11H9F3N2O2. The Morgan fingerprint density at radius 1 is 1.28 bits per heavy atom. The van der Waals surface area contributed by atoms with E-state index in [1.165, 1.54) is 24.1 Å². The van der Waals surface area contributed by atoms with Gasteiger partial charge >= 0.3 is 6.18 Å². The molecule has 1 aromatic rings. The van der Waals surface area contributed by atoms with Gasteiger partial charge in [0.05, 0.1) is 11.3 Å². The van der Waals surface area contributed by atoms with Crippen LogP contribution < -0.4 is 0 Å². The topological polar surface area (TPSA) is 41.9 Å². The summed E-state index contributed by atoms with van der Waals surface area (Å²) >= 11 is 0. The van der Waals surface area contributed by atoms with Gasteiger partial charge in [0.25, 0.3) is 11.9 Å². The highest BCUT2D eigenvalue weighted by molar-refractivity contribution is 6.00. The van der Waals surface area contributed by atoms with Crippen molar-refractivity contribution < 1.29 is 22.7 Å². The number of alkyl halides is 3. The van der Waals surface area contributed by atoms with E-state index in [2.05, 4.69) is 4.99 Å². The molecule has 0 atom stereocenters. The number of benzene rings is 1. The second kappa shape index (κ2) is 4.32. The highest BCUT2D eigenvalue weighted by atomic mass is 19.4. The summed E-state index contributed by atoms with van der Waals surface area (Å²) in [5.74, 6) is -0.249. The molecule has 0 saturated carbocycles. The number of nitrogens with zero attached hydrogens (tertiary/aromatic N) is 2. The highest BCUT2D eigenvalue weighted by Gasteiger charge is 2.30. The van der Waals surface area contributed by atoms with Crippen molar-refractivity contribution in [3.05, 3.63) is 29.8 Å². The molecule has 1 heterocycles. The predicted octanol–water partition coefficient (Wildman–Crippen LogP) is 2.18. The molecule has 1 saturated heterocycles. The van der Waals surface area contributed by atoms with E-state index in [0.717, 1.165) is 12.1 Å². The van der Waals surface area contributed by atoms with Crippen LogP contribution in [0.3, 0.4) is 0 Å². The largest absolute Gasteiger partial charge is 0.454 e. The summed E-state index contributed by atoms with van der Waals surface area (Å²) < 4.78 is 42.0. The van der Waals surface area contributed by atoms with E-state index < -0.39 is 11.7 Å². The van der Waals surface area contributed by atoms with Crippen LogP contribution in [0.15, 0.2) is 29.3 Å². The van der Waals surface area contributed by atoms with Crippen LogP contribution in [0.25, 0.3) is 0 Å². The first-order valence-electron chi connectivity index (χ1n) is 5.03. The Balaban J connectivity index is 2.21. The summed E-state index contributed by atoms with van der Waals surface area (Å²) in [6.45, 7) is -0.101. The van der Waals surface area contributed by atoms with Crippen molar-refractivity contribution in [3.8, 4) is 0 Å². The lowest BCUT2D eigenvalue weighted by Gasteiger charge is -2.07. The van der Waals surface area contributed by atoms with Gasteiger partial charge in [0.2, 0.25) is 0 Å². The molecule has 0 aromatic heterocycles. The number of rotatable bonds is 1. The minimum atomic E-state index is -4.37. The zero-order chi connectivity index (χ0) is 13.3. The lowest BCUT2D eigenvalue weighted by atomic mass is 10.2.